The summed E-state index contributed by atoms with van der Waals surface area (Å²) in [5, 5.41) is 3.05. The van der Waals surface area contributed by atoms with Crippen molar-refractivity contribution in [3.8, 4) is 0 Å². The maximum atomic E-state index is 12.3. The van der Waals surface area contributed by atoms with Gasteiger partial charge < -0.3 is 10.2 Å². The van der Waals surface area contributed by atoms with Gasteiger partial charge in [-0.05, 0) is 45.2 Å². The highest BCUT2D eigenvalue weighted by Gasteiger charge is 2.26. The van der Waals surface area contributed by atoms with Crippen molar-refractivity contribution in [2.24, 2.45) is 0 Å². The molecule has 0 bridgehead atoms. The Morgan fingerprint density at radius 1 is 1.17 bits per heavy atom. The number of urea groups is 1. The van der Waals surface area contributed by atoms with E-state index in [0.717, 1.165) is 19.5 Å². The topological polar surface area (TPSA) is 81.8 Å². The van der Waals surface area contributed by atoms with E-state index >= 15 is 0 Å². The van der Waals surface area contributed by atoms with Gasteiger partial charge in [-0.1, -0.05) is 6.92 Å². The molecule has 0 aromatic carbocycles. The van der Waals surface area contributed by atoms with Crippen molar-refractivity contribution < 1.29 is 13.2 Å². The minimum Gasteiger partial charge on any atom is -0.336 e. The van der Waals surface area contributed by atoms with Crippen LogP contribution in [0.15, 0.2) is 0 Å². The van der Waals surface area contributed by atoms with Gasteiger partial charge in [-0.2, -0.15) is 0 Å². The lowest BCUT2D eigenvalue weighted by Crippen LogP contribution is -2.51. The Bertz CT molecular complexity index is 483. The molecule has 2 rings (SSSR count). The van der Waals surface area contributed by atoms with Crippen LogP contribution in [0.5, 0.6) is 0 Å². The summed E-state index contributed by atoms with van der Waals surface area (Å²) in [6.45, 7) is 6.32. The summed E-state index contributed by atoms with van der Waals surface area (Å²) in [6.07, 6.45) is 6.07. The second-order valence-corrected chi connectivity index (χ2v) is 8.42. The largest absolute Gasteiger partial charge is 0.336 e. The molecule has 1 atom stereocenters. The molecule has 2 saturated heterocycles. The molecule has 2 N–H and O–H groups in total. The second kappa shape index (κ2) is 8.30. The molecule has 2 aliphatic heterocycles. The van der Waals surface area contributed by atoms with Crippen LogP contribution in [0.1, 0.15) is 39.0 Å². The number of carbonyl (C=O) groups is 1. The minimum absolute atomic E-state index is 0.0274. The highest BCUT2D eigenvalue weighted by atomic mass is 32.2. The lowest BCUT2D eigenvalue weighted by molar-refractivity contribution is 0.172. The molecule has 0 aromatic heterocycles. The van der Waals surface area contributed by atoms with Gasteiger partial charge in [-0.15, -0.1) is 0 Å². The van der Waals surface area contributed by atoms with Crippen molar-refractivity contribution in [1.29, 1.82) is 0 Å². The van der Waals surface area contributed by atoms with Crippen molar-refractivity contribution in [2.75, 3.05) is 39.0 Å². The Morgan fingerprint density at radius 3 is 2.30 bits per heavy atom. The highest BCUT2D eigenvalue weighted by molar-refractivity contribution is 7.88. The normalized spacial score (nSPS) is 22.3. The molecular weight excluding hydrogens is 316 g/mol. The van der Waals surface area contributed by atoms with Gasteiger partial charge >= 0.3 is 6.03 Å². The van der Waals surface area contributed by atoms with E-state index in [9.17, 15) is 13.2 Å². The van der Waals surface area contributed by atoms with E-state index in [1.165, 1.54) is 19.1 Å². The van der Waals surface area contributed by atoms with Gasteiger partial charge in [0.25, 0.3) is 0 Å². The fraction of sp³-hybridized carbons (Fsp3) is 0.933. The number of nitrogens with one attached hydrogen (secondary N) is 2. The lowest BCUT2D eigenvalue weighted by atomic mass is 10.1. The monoisotopic (exact) mass is 346 g/mol. The summed E-state index contributed by atoms with van der Waals surface area (Å²) in [4.78, 5) is 16.5. The van der Waals surface area contributed by atoms with Gasteiger partial charge in [-0.25, -0.2) is 17.9 Å². The average molecular weight is 346 g/mol. The molecule has 0 spiro atoms. The lowest BCUT2D eigenvalue weighted by Gasteiger charge is -2.33. The van der Waals surface area contributed by atoms with Crippen LogP contribution in [0.4, 0.5) is 4.79 Å². The van der Waals surface area contributed by atoms with Gasteiger partial charge in [-0.3, -0.25) is 4.90 Å². The fourth-order valence-electron chi connectivity index (χ4n) is 3.46. The number of rotatable bonds is 6. The third-order valence-corrected chi connectivity index (χ3v) is 5.54. The first-order valence-electron chi connectivity index (χ1n) is 8.63. The number of sulfonamides is 1. The standard InChI is InChI=1S/C15H30N4O3S/c1-3-14(18-8-4-5-9-18)12-16-15(20)19-10-6-13(7-11-19)17-23(2,21)22/h13-14,17H,3-12H2,1-2H3,(H,16,20)/t14-/m1/s1. The smallest absolute Gasteiger partial charge is 0.317 e. The molecule has 2 aliphatic rings. The maximum Gasteiger partial charge on any atom is 0.317 e. The SMILES string of the molecule is CC[C@H](CNC(=O)N1CCC(NS(C)(=O)=O)CC1)N1CCCC1. The quantitative estimate of drug-likeness (QED) is 0.737. The zero-order valence-electron chi connectivity index (χ0n) is 14.3. The van der Waals surface area contributed by atoms with E-state index in [1.807, 2.05) is 0 Å². The molecule has 0 aliphatic carbocycles. The van der Waals surface area contributed by atoms with E-state index in [0.29, 0.717) is 38.5 Å². The Morgan fingerprint density at radius 2 is 1.78 bits per heavy atom. The maximum absolute atomic E-state index is 12.3. The predicted octanol–water partition coefficient (Wildman–Crippen LogP) is 0.584. The summed E-state index contributed by atoms with van der Waals surface area (Å²) in [6, 6.07) is 0.341. The van der Waals surface area contributed by atoms with Crippen LogP contribution in [0.25, 0.3) is 0 Å². The molecule has 2 fully saturated rings. The van der Waals surface area contributed by atoms with E-state index in [2.05, 4.69) is 21.9 Å². The van der Waals surface area contributed by atoms with Crippen molar-refractivity contribution in [1.82, 2.24) is 19.8 Å². The molecule has 7 nitrogen and oxygen atoms in total. The highest BCUT2D eigenvalue weighted by Crippen LogP contribution is 2.14. The number of carbonyl (C=O) groups excluding carboxylic acids is 1. The molecule has 23 heavy (non-hydrogen) atoms. The van der Waals surface area contributed by atoms with E-state index in [4.69, 9.17) is 0 Å². The molecule has 8 heteroatoms. The third kappa shape index (κ3) is 5.93. The van der Waals surface area contributed by atoms with Gasteiger partial charge in [0.1, 0.15) is 0 Å². The van der Waals surface area contributed by atoms with Crippen molar-refractivity contribution >= 4 is 16.1 Å². The zero-order chi connectivity index (χ0) is 16.9. The Balaban J connectivity index is 1.72. The molecule has 0 saturated carbocycles. The number of hydrogen-bond acceptors (Lipinski definition) is 4. The number of hydrogen-bond donors (Lipinski definition) is 2. The summed E-state index contributed by atoms with van der Waals surface area (Å²) >= 11 is 0. The first-order chi connectivity index (χ1) is 10.9. The van der Waals surface area contributed by atoms with Crippen molar-refractivity contribution in [3.63, 3.8) is 0 Å². The van der Waals surface area contributed by atoms with Crippen LogP contribution in [-0.4, -0.2) is 75.3 Å². The predicted molar refractivity (Wildman–Crippen MR) is 90.9 cm³/mol. The van der Waals surface area contributed by atoms with Crippen LogP contribution in [-0.2, 0) is 10.0 Å². The minimum atomic E-state index is -3.17. The summed E-state index contributed by atoms with van der Waals surface area (Å²) < 4.78 is 25.1. The first-order valence-corrected chi connectivity index (χ1v) is 10.5. The molecule has 0 unspecified atom stereocenters. The first kappa shape index (κ1) is 18.5. The van der Waals surface area contributed by atoms with E-state index in [1.54, 1.807) is 4.90 Å². The van der Waals surface area contributed by atoms with Gasteiger partial charge in [0.2, 0.25) is 10.0 Å². The fourth-order valence-corrected chi connectivity index (χ4v) is 4.30. The van der Waals surface area contributed by atoms with Crippen LogP contribution in [0, 0.1) is 0 Å². The van der Waals surface area contributed by atoms with Gasteiger partial charge in [0.05, 0.1) is 6.26 Å². The van der Waals surface area contributed by atoms with Crippen molar-refractivity contribution in [3.05, 3.63) is 0 Å². The molecular formula is C15H30N4O3S. The number of piperidine rings is 1. The molecule has 2 amide bonds. The van der Waals surface area contributed by atoms with Crippen LogP contribution < -0.4 is 10.0 Å². The zero-order valence-corrected chi connectivity index (χ0v) is 15.1. The molecule has 2 heterocycles. The third-order valence-electron chi connectivity index (χ3n) is 4.78. The molecule has 0 radical (unpaired) electrons. The van der Waals surface area contributed by atoms with Gasteiger partial charge in [0, 0.05) is 31.7 Å². The summed E-state index contributed by atoms with van der Waals surface area (Å²) in [5.74, 6) is 0. The average Bonchev–Trinajstić information content (AvgIpc) is 3.01. The van der Waals surface area contributed by atoms with E-state index < -0.39 is 10.0 Å². The van der Waals surface area contributed by atoms with Crippen LogP contribution >= 0.6 is 0 Å². The molecule has 134 valence electrons. The second-order valence-electron chi connectivity index (χ2n) is 6.64. The number of nitrogens with zero attached hydrogens (tertiary/aromatic N) is 2. The van der Waals surface area contributed by atoms with Crippen LogP contribution in [0.2, 0.25) is 0 Å². The number of amides is 2. The number of likely N-dealkylation sites (tertiary alicyclic amines) is 2. The summed E-state index contributed by atoms with van der Waals surface area (Å²) in [7, 11) is -3.17. The van der Waals surface area contributed by atoms with Crippen LogP contribution in [0.3, 0.4) is 0 Å². The Hall–Kier alpha value is -0.860. The van der Waals surface area contributed by atoms with Crippen molar-refractivity contribution in [2.45, 2.75) is 51.1 Å². The van der Waals surface area contributed by atoms with E-state index in [-0.39, 0.29) is 12.1 Å². The van der Waals surface area contributed by atoms with Gasteiger partial charge in [0.15, 0.2) is 0 Å². The Kier molecular flexibility index (Phi) is 6.67. The molecule has 0 aromatic rings. The Labute approximate surface area is 139 Å². The summed E-state index contributed by atoms with van der Waals surface area (Å²) in [5.41, 5.74) is 0.